The molecule has 29 heavy (non-hydrogen) atoms. The molecular formula is C20H27Cl2N3O3S. The van der Waals surface area contributed by atoms with Gasteiger partial charge in [-0.15, -0.1) is 24.8 Å². The molecule has 0 atom stereocenters. The first-order chi connectivity index (χ1) is 13.1. The van der Waals surface area contributed by atoms with Crippen LogP contribution in [0.2, 0.25) is 0 Å². The first-order valence-electron chi connectivity index (χ1n) is 9.43. The van der Waals surface area contributed by atoms with Gasteiger partial charge >= 0.3 is 0 Å². The highest BCUT2D eigenvalue weighted by molar-refractivity contribution is 7.92. The van der Waals surface area contributed by atoms with Crippen molar-refractivity contribution in [1.29, 1.82) is 0 Å². The van der Waals surface area contributed by atoms with E-state index in [4.69, 9.17) is 4.74 Å². The quantitative estimate of drug-likeness (QED) is 0.639. The summed E-state index contributed by atoms with van der Waals surface area (Å²) in [6.45, 7) is 3.65. The van der Waals surface area contributed by atoms with Crippen molar-refractivity contribution >= 4 is 40.5 Å². The number of anilines is 1. The predicted octanol–water partition coefficient (Wildman–Crippen LogP) is 3.11. The number of hydrogen-bond donors (Lipinski definition) is 3. The number of halogens is 2. The molecule has 4 rings (SSSR count). The van der Waals surface area contributed by atoms with E-state index in [2.05, 4.69) is 15.4 Å². The highest BCUT2D eigenvalue weighted by Gasteiger charge is 2.18. The van der Waals surface area contributed by atoms with Gasteiger partial charge in [0.1, 0.15) is 11.9 Å². The summed E-state index contributed by atoms with van der Waals surface area (Å²) in [5.74, 6) is 0.709. The first kappa shape index (κ1) is 23.8. The number of piperidine rings is 1. The summed E-state index contributed by atoms with van der Waals surface area (Å²) in [7, 11) is -3.63. The van der Waals surface area contributed by atoms with Crippen LogP contribution in [0, 0.1) is 0 Å². The molecule has 2 aromatic carbocycles. The summed E-state index contributed by atoms with van der Waals surface area (Å²) in [6, 6.07) is 12.4. The van der Waals surface area contributed by atoms with Gasteiger partial charge in [0.25, 0.3) is 10.0 Å². The molecule has 0 unspecified atom stereocenters. The zero-order valence-electron chi connectivity index (χ0n) is 16.0. The first-order valence-corrected chi connectivity index (χ1v) is 10.9. The minimum Gasteiger partial charge on any atom is -0.490 e. The standard InChI is InChI=1S/C20H25N3O3S.2ClH/c24-27(25,23-17-2-1-15-7-10-22-14-16(15)13-17)20-5-3-18(4-6-20)26-19-8-11-21-12-9-19;;/h1-6,13,19,21-23H,7-12,14H2;2*1H. The van der Waals surface area contributed by atoms with Gasteiger partial charge in [-0.25, -0.2) is 8.42 Å². The molecule has 0 aromatic heterocycles. The van der Waals surface area contributed by atoms with Gasteiger partial charge in [-0.2, -0.15) is 0 Å². The molecule has 2 aliphatic heterocycles. The van der Waals surface area contributed by atoms with Crippen molar-refractivity contribution < 1.29 is 13.2 Å². The van der Waals surface area contributed by atoms with Gasteiger partial charge in [0.15, 0.2) is 0 Å². The molecule has 3 N–H and O–H groups in total. The smallest absolute Gasteiger partial charge is 0.261 e. The number of fused-ring (bicyclic) bond motifs is 1. The minimum absolute atomic E-state index is 0. The van der Waals surface area contributed by atoms with Crippen LogP contribution in [0.1, 0.15) is 24.0 Å². The van der Waals surface area contributed by atoms with Gasteiger partial charge in [0, 0.05) is 12.2 Å². The van der Waals surface area contributed by atoms with Crippen molar-refractivity contribution in [3.05, 3.63) is 53.6 Å². The highest BCUT2D eigenvalue weighted by atomic mass is 35.5. The Hall–Kier alpha value is -1.51. The van der Waals surface area contributed by atoms with E-state index in [9.17, 15) is 8.42 Å². The number of hydrogen-bond acceptors (Lipinski definition) is 5. The summed E-state index contributed by atoms with van der Waals surface area (Å²) < 4.78 is 34.0. The fraction of sp³-hybridized carbons (Fsp3) is 0.400. The summed E-state index contributed by atoms with van der Waals surface area (Å²) in [4.78, 5) is 0.232. The molecule has 160 valence electrons. The van der Waals surface area contributed by atoms with Gasteiger partial charge in [0.2, 0.25) is 0 Å². The van der Waals surface area contributed by atoms with Crippen LogP contribution < -0.4 is 20.1 Å². The van der Waals surface area contributed by atoms with Crippen LogP contribution in [-0.2, 0) is 23.0 Å². The molecule has 6 nitrogen and oxygen atoms in total. The molecule has 9 heteroatoms. The second-order valence-electron chi connectivity index (χ2n) is 7.05. The number of rotatable bonds is 5. The Kier molecular flexibility index (Phi) is 8.60. The summed E-state index contributed by atoms with van der Waals surface area (Å²) in [5.41, 5.74) is 3.01. The van der Waals surface area contributed by atoms with Gasteiger partial charge in [-0.05, 0) is 86.4 Å². The second-order valence-corrected chi connectivity index (χ2v) is 8.74. The van der Waals surface area contributed by atoms with Crippen molar-refractivity contribution in [3.63, 3.8) is 0 Å². The van der Waals surface area contributed by atoms with Crippen LogP contribution >= 0.6 is 24.8 Å². The van der Waals surface area contributed by atoms with E-state index in [1.165, 1.54) is 5.56 Å². The third kappa shape index (κ3) is 5.99. The van der Waals surface area contributed by atoms with Crippen LogP contribution in [0.4, 0.5) is 5.69 Å². The molecule has 1 fully saturated rings. The fourth-order valence-electron chi connectivity index (χ4n) is 3.56. The van der Waals surface area contributed by atoms with Gasteiger partial charge in [-0.3, -0.25) is 4.72 Å². The number of nitrogens with one attached hydrogen (secondary N) is 3. The topological polar surface area (TPSA) is 79.5 Å². The summed E-state index contributed by atoms with van der Waals surface area (Å²) in [6.07, 6.45) is 3.10. The van der Waals surface area contributed by atoms with Crippen molar-refractivity contribution in [2.45, 2.75) is 36.8 Å². The Morgan fingerprint density at radius 3 is 2.34 bits per heavy atom. The lowest BCUT2D eigenvalue weighted by Crippen LogP contribution is -2.34. The molecule has 0 bridgehead atoms. The van der Waals surface area contributed by atoms with E-state index in [-0.39, 0.29) is 35.8 Å². The predicted molar refractivity (Wildman–Crippen MR) is 120 cm³/mol. The molecule has 2 aromatic rings. The molecule has 2 aliphatic rings. The molecule has 2 heterocycles. The lowest BCUT2D eigenvalue weighted by atomic mass is 10.0. The van der Waals surface area contributed by atoms with Crippen LogP contribution in [0.3, 0.4) is 0 Å². The Bertz CT molecular complexity index is 902. The van der Waals surface area contributed by atoms with E-state index in [1.807, 2.05) is 18.2 Å². The van der Waals surface area contributed by atoms with Gasteiger partial charge < -0.3 is 15.4 Å². The summed E-state index contributed by atoms with van der Waals surface area (Å²) >= 11 is 0. The van der Waals surface area contributed by atoms with Crippen molar-refractivity contribution in [2.24, 2.45) is 0 Å². The maximum Gasteiger partial charge on any atom is 0.261 e. The second kappa shape index (κ2) is 10.5. The Morgan fingerprint density at radius 2 is 1.62 bits per heavy atom. The van der Waals surface area contributed by atoms with E-state index in [1.54, 1.807) is 24.3 Å². The average Bonchev–Trinajstić information content (AvgIpc) is 2.69. The number of sulfonamides is 1. The SMILES string of the molecule is Cl.Cl.O=S(=O)(Nc1ccc2c(c1)CNCC2)c1ccc(OC2CCNCC2)cc1. The van der Waals surface area contributed by atoms with Crippen LogP contribution in [0.15, 0.2) is 47.4 Å². The van der Waals surface area contributed by atoms with Crippen LogP contribution in [0.5, 0.6) is 5.75 Å². The zero-order valence-corrected chi connectivity index (χ0v) is 18.5. The normalized spacial score (nSPS) is 16.7. The number of ether oxygens (including phenoxy) is 1. The average molecular weight is 460 g/mol. The lowest BCUT2D eigenvalue weighted by Gasteiger charge is -2.23. The molecule has 0 radical (unpaired) electrons. The zero-order chi connectivity index (χ0) is 18.7. The fourth-order valence-corrected chi connectivity index (χ4v) is 4.61. The van der Waals surface area contributed by atoms with E-state index in [0.717, 1.165) is 51.0 Å². The molecule has 0 spiro atoms. The van der Waals surface area contributed by atoms with E-state index < -0.39 is 10.0 Å². The van der Waals surface area contributed by atoms with Crippen molar-refractivity contribution in [1.82, 2.24) is 10.6 Å². The van der Waals surface area contributed by atoms with Crippen LogP contribution in [-0.4, -0.2) is 34.2 Å². The summed E-state index contributed by atoms with van der Waals surface area (Å²) in [5, 5.41) is 6.61. The van der Waals surface area contributed by atoms with Gasteiger partial charge in [0.05, 0.1) is 4.90 Å². The van der Waals surface area contributed by atoms with Crippen molar-refractivity contribution in [3.8, 4) is 5.75 Å². The van der Waals surface area contributed by atoms with Crippen molar-refractivity contribution in [2.75, 3.05) is 24.4 Å². The largest absolute Gasteiger partial charge is 0.490 e. The lowest BCUT2D eigenvalue weighted by molar-refractivity contribution is 0.162. The highest BCUT2D eigenvalue weighted by Crippen LogP contribution is 2.24. The minimum atomic E-state index is -3.63. The van der Waals surface area contributed by atoms with E-state index >= 15 is 0 Å². The molecular weight excluding hydrogens is 433 g/mol. The third-order valence-electron chi connectivity index (χ3n) is 5.07. The molecule has 0 saturated carbocycles. The molecule has 1 saturated heterocycles. The Labute approximate surface area is 184 Å². The molecule has 0 amide bonds. The number of benzene rings is 2. The van der Waals surface area contributed by atoms with E-state index in [0.29, 0.717) is 11.4 Å². The monoisotopic (exact) mass is 459 g/mol. The van der Waals surface area contributed by atoms with Gasteiger partial charge in [-0.1, -0.05) is 6.07 Å². The Morgan fingerprint density at radius 1 is 0.897 bits per heavy atom. The van der Waals surface area contributed by atoms with Crippen LogP contribution in [0.25, 0.3) is 0 Å². The Balaban J connectivity index is 0.00000150. The third-order valence-corrected chi connectivity index (χ3v) is 6.47. The maximum atomic E-state index is 12.7. The molecule has 0 aliphatic carbocycles. The maximum absolute atomic E-state index is 12.7.